The summed E-state index contributed by atoms with van der Waals surface area (Å²) in [4.78, 5) is 24.5. The highest BCUT2D eigenvalue weighted by Crippen LogP contribution is 2.31. The Morgan fingerprint density at radius 3 is 2.91 bits per heavy atom. The van der Waals surface area contributed by atoms with E-state index in [9.17, 15) is 14.0 Å². The standard InChI is InChI=1S/C16H13FN2O2S/c17-12-4-2-1-3-11(12)8-18-16(21)10-5-6-14-13(7-10)19-15(20)9-22-14/h1-7H,8-9H2,(H,18,21)(H,19,20). The molecule has 1 aliphatic heterocycles. The van der Waals surface area contributed by atoms with Gasteiger partial charge < -0.3 is 10.6 Å². The molecule has 0 aliphatic carbocycles. The molecule has 2 N–H and O–H groups in total. The Kier molecular flexibility index (Phi) is 4.11. The minimum Gasteiger partial charge on any atom is -0.348 e. The maximum Gasteiger partial charge on any atom is 0.251 e. The normalized spacial score (nSPS) is 13.2. The smallest absolute Gasteiger partial charge is 0.251 e. The summed E-state index contributed by atoms with van der Waals surface area (Å²) in [6.45, 7) is 0.115. The molecular weight excluding hydrogens is 303 g/mol. The lowest BCUT2D eigenvalue weighted by molar-refractivity contribution is -0.113. The Labute approximate surface area is 131 Å². The molecule has 0 bridgehead atoms. The number of carbonyl (C=O) groups is 2. The molecule has 112 valence electrons. The highest BCUT2D eigenvalue weighted by atomic mass is 32.2. The van der Waals surface area contributed by atoms with Crippen LogP contribution < -0.4 is 10.6 Å². The molecular formula is C16H13FN2O2S. The second kappa shape index (κ2) is 6.19. The fourth-order valence-corrected chi connectivity index (χ4v) is 2.93. The first-order valence-electron chi connectivity index (χ1n) is 6.72. The Hall–Kier alpha value is -2.34. The van der Waals surface area contributed by atoms with E-state index in [0.717, 1.165) is 4.90 Å². The van der Waals surface area contributed by atoms with Gasteiger partial charge in [-0.15, -0.1) is 11.8 Å². The molecule has 0 aromatic heterocycles. The molecule has 2 amide bonds. The Morgan fingerprint density at radius 1 is 1.27 bits per heavy atom. The van der Waals surface area contributed by atoms with Crippen molar-refractivity contribution in [2.45, 2.75) is 11.4 Å². The quantitative estimate of drug-likeness (QED) is 0.915. The average molecular weight is 316 g/mol. The first-order valence-corrected chi connectivity index (χ1v) is 7.70. The molecule has 6 heteroatoms. The summed E-state index contributed by atoms with van der Waals surface area (Å²) in [6.07, 6.45) is 0. The van der Waals surface area contributed by atoms with E-state index < -0.39 is 0 Å². The summed E-state index contributed by atoms with van der Waals surface area (Å²) in [5, 5.41) is 5.41. The molecule has 0 atom stereocenters. The first kappa shape index (κ1) is 14.6. The monoisotopic (exact) mass is 316 g/mol. The van der Waals surface area contributed by atoms with Crippen LogP contribution in [0.25, 0.3) is 0 Å². The summed E-state index contributed by atoms with van der Waals surface area (Å²) < 4.78 is 13.5. The number of thioether (sulfide) groups is 1. The van der Waals surface area contributed by atoms with Crippen molar-refractivity contribution >= 4 is 29.3 Å². The summed E-state index contributed by atoms with van der Waals surface area (Å²) in [7, 11) is 0. The minimum atomic E-state index is -0.350. The van der Waals surface area contributed by atoms with E-state index in [2.05, 4.69) is 10.6 Å². The molecule has 2 aromatic carbocycles. The number of anilines is 1. The van der Waals surface area contributed by atoms with Crippen LogP contribution in [0.3, 0.4) is 0 Å². The summed E-state index contributed by atoms with van der Waals surface area (Å²) >= 11 is 1.44. The summed E-state index contributed by atoms with van der Waals surface area (Å²) in [6, 6.07) is 11.4. The largest absolute Gasteiger partial charge is 0.348 e. The van der Waals surface area contributed by atoms with Crippen LogP contribution in [0.15, 0.2) is 47.4 Å². The van der Waals surface area contributed by atoms with Crippen LogP contribution in [-0.2, 0) is 11.3 Å². The number of hydrogen-bond acceptors (Lipinski definition) is 3. The van der Waals surface area contributed by atoms with E-state index >= 15 is 0 Å². The second-order valence-corrected chi connectivity index (χ2v) is 5.84. The van der Waals surface area contributed by atoms with Gasteiger partial charge in [0.1, 0.15) is 5.82 Å². The fraction of sp³-hybridized carbons (Fsp3) is 0.125. The summed E-state index contributed by atoms with van der Waals surface area (Å²) in [5.74, 6) is -0.361. The lowest BCUT2D eigenvalue weighted by atomic mass is 10.1. The maximum absolute atomic E-state index is 13.5. The van der Waals surface area contributed by atoms with Gasteiger partial charge >= 0.3 is 0 Å². The van der Waals surface area contributed by atoms with E-state index in [-0.39, 0.29) is 24.2 Å². The number of benzene rings is 2. The molecule has 0 fully saturated rings. The SMILES string of the molecule is O=C1CSc2ccc(C(=O)NCc3ccccc3F)cc2N1. The predicted molar refractivity (Wildman–Crippen MR) is 83.4 cm³/mol. The molecule has 1 aliphatic rings. The lowest BCUT2D eigenvalue weighted by Crippen LogP contribution is -2.24. The Balaban J connectivity index is 1.72. The summed E-state index contributed by atoms with van der Waals surface area (Å²) in [5.41, 5.74) is 1.50. The number of fused-ring (bicyclic) bond motifs is 1. The van der Waals surface area contributed by atoms with E-state index in [1.54, 1.807) is 36.4 Å². The number of hydrogen-bond donors (Lipinski definition) is 2. The highest BCUT2D eigenvalue weighted by Gasteiger charge is 2.17. The van der Waals surface area contributed by atoms with Gasteiger partial charge in [-0.1, -0.05) is 18.2 Å². The van der Waals surface area contributed by atoms with Crippen molar-refractivity contribution in [2.24, 2.45) is 0 Å². The topological polar surface area (TPSA) is 58.2 Å². The van der Waals surface area contributed by atoms with Gasteiger partial charge in [-0.3, -0.25) is 9.59 Å². The van der Waals surface area contributed by atoms with Gasteiger partial charge in [-0.05, 0) is 24.3 Å². The van der Waals surface area contributed by atoms with Crippen LogP contribution in [0.1, 0.15) is 15.9 Å². The van der Waals surface area contributed by atoms with Crippen molar-refractivity contribution in [2.75, 3.05) is 11.1 Å². The van der Waals surface area contributed by atoms with Gasteiger partial charge in [-0.25, -0.2) is 4.39 Å². The van der Waals surface area contributed by atoms with Gasteiger partial charge in [0.15, 0.2) is 0 Å². The highest BCUT2D eigenvalue weighted by molar-refractivity contribution is 8.00. The zero-order valence-electron chi connectivity index (χ0n) is 11.6. The van der Waals surface area contributed by atoms with Crippen molar-refractivity contribution < 1.29 is 14.0 Å². The molecule has 2 aromatic rings. The van der Waals surface area contributed by atoms with Crippen molar-refractivity contribution in [1.82, 2.24) is 5.32 Å². The molecule has 0 spiro atoms. The second-order valence-electron chi connectivity index (χ2n) is 4.82. The number of nitrogens with one attached hydrogen (secondary N) is 2. The Bertz CT molecular complexity index is 749. The van der Waals surface area contributed by atoms with Crippen molar-refractivity contribution in [3.05, 3.63) is 59.4 Å². The van der Waals surface area contributed by atoms with Crippen LogP contribution in [0.5, 0.6) is 0 Å². The van der Waals surface area contributed by atoms with Gasteiger partial charge in [0, 0.05) is 22.6 Å². The predicted octanol–water partition coefficient (Wildman–Crippen LogP) is 2.80. The molecule has 0 unspecified atom stereocenters. The van der Waals surface area contributed by atoms with Crippen molar-refractivity contribution in [3.63, 3.8) is 0 Å². The van der Waals surface area contributed by atoms with Crippen LogP contribution in [0, 0.1) is 5.82 Å². The number of halogens is 1. The van der Waals surface area contributed by atoms with Gasteiger partial charge in [0.05, 0.1) is 11.4 Å². The zero-order valence-corrected chi connectivity index (χ0v) is 12.4. The molecule has 4 nitrogen and oxygen atoms in total. The first-order chi connectivity index (χ1) is 10.6. The molecule has 0 saturated carbocycles. The van der Waals surface area contributed by atoms with E-state index in [1.807, 2.05) is 0 Å². The fourth-order valence-electron chi connectivity index (χ4n) is 2.14. The number of rotatable bonds is 3. The van der Waals surface area contributed by atoms with Crippen LogP contribution >= 0.6 is 11.8 Å². The van der Waals surface area contributed by atoms with Crippen LogP contribution in [-0.4, -0.2) is 17.6 Å². The minimum absolute atomic E-state index is 0.0820. The van der Waals surface area contributed by atoms with Crippen LogP contribution in [0.4, 0.5) is 10.1 Å². The third kappa shape index (κ3) is 3.12. The zero-order chi connectivity index (χ0) is 15.5. The molecule has 22 heavy (non-hydrogen) atoms. The maximum atomic E-state index is 13.5. The third-order valence-corrected chi connectivity index (χ3v) is 4.35. The molecule has 0 saturated heterocycles. The average Bonchev–Trinajstić information content (AvgIpc) is 2.53. The number of amides is 2. The van der Waals surface area contributed by atoms with E-state index in [0.29, 0.717) is 22.6 Å². The van der Waals surface area contributed by atoms with Gasteiger partial charge in [0.25, 0.3) is 5.91 Å². The molecule has 0 radical (unpaired) electrons. The van der Waals surface area contributed by atoms with Crippen LogP contribution in [0.2, 0.25) is 0 Å². The molecule has 3 rings (SSSR count). The Morgan fingerprint density at radius 2 is 2.09 bits per heavy atom. The van der Waals surface area contributed by atoms with E-state index in [4.69, 9.17) is 0 Å². The molecule has 1 heterocycles. The van der Waals surface area contributed by atoms with E-state index in [1.165, 1.54) is 17.8 Å². The lowest BCUT2D eigenvalue weighted by Gasteiger charge is -2.17. The van der Waals surface area contributed by atoms with Gasteiger partial charge in [0.2, 0.25) is 5.91 Å². The van der Waals surface area contributed by atoms with Crippen molar-refractivity contribution in [3.8, 4) is 0 Å². The van der Waals surface area contributed by atoms with Gasteiger partial charge in [-0.2, -0.15) is 0 Å². The number of carbonyl (C=O) groups excluding carboxylic acids is 2. The van der Waals surface area contributed by atoms with Crippen molar-refractivity contribution in [1.29, 1.82) is 0 Å². The third-order valence-electron chi connectivity index (χ3n) is 3.27.